The van der Waals surface area contributed by atoms with Crippen LogP contribution in [0, 0.1) is 11.8 Å². The normalized spacial score (nSPS) is 12.2. The monoisotopic (exact) mass is 282 g/mol. The molecule has 0 aliphatic carbocycles. The first-order valence-corrected chi connectivity index (χ1v) is 7.48. The third kappa shape index (κ3) is 5.42. The van der Waals surface area contributed by atoms with Crippen molar-refractivity contribution >= 4 is 17.3 Å². The van der Waals surface area contributed by atoms with Gasteiger partial charge in [-0.25, -0.2) is 0 Å². The molecule has 0 unspecified atom stereocenters. The van der Waals surface area contributed by atoms with Crippen LogP contribution in [0.25, 0.3) is 0 Å². The van der Waals surface area contributed by atoms with Crippen LogP contribution in [-0.4, -0.2) is 12.1 Å². The summed E-state index contributed by atoms with van der Waals surface area (Å²) in [5.74, 6) is 1.21. The maximum atomic E-state index is 6.09. The van der Waals surface area contributed by atoms with E-state index < -0.39 is 0 Å². The lowest BCUT2D eigenvalue weighted by Crippen LogP contribution is -2.47. The van der Waals surface area contributed by atoms with Gasteiger partial charge in [0.1, 0.15) is 0 Å². The zero-order valence-corrected chi connectivity index (χ0v) is 13.3. The van der Waals surface area contributed by atoms with Crippen molar-refractivity contribution in [1.29, 1.82) is 0 Å². The summed E-state index contributed by atoms with van der Waals surface area (Å²) in [6.45, 7) is 9.60. The van der Waals surface area contributed by atoms with Gasteiger partial charge in [0.25, 0.3) is 0 Å². The molecule has 0 amide bonds. The Kier molecular flexibility index (Phi) is 6.15. The van der Waals surface area contributed by atoms with Crippen LogP contribution in [0.3, 0.4) is 0 Å². The average Bonchev–Trinajstić information content (AvgIpc) is 2.26. The summed E-state index contributed by atoms with van der Waals surface area (Å²) in [7, 11) is 0. The summed E-state index contributed by atoms with van der Waals surface area (Å²) in [4.78, 5) is 0. The second kappa shape index (κ2) is 7.16. The number of anilines is 1. The molecule has 2 nitrogen and oxygen atoms in total. The molecule has 1 rings (SSSR count). The molecule has 0 fully saturated rings. The number of nitrogens with one attached hydrogen (secondary N) is 1. The molecule has 3 heteroatoms. The minimum atomic E-state index is -0.0486. The van der Waals surface area contributed by atoms with Gasteiger partial charge in [-0.1, -0.05) is 45.4 Å². The number of halogens is 1. The quantitative estimate of drug-likeness (QED) is 0.770. The van der Waals surface area contributed by atoms with Crippen molar-refractivity contribution in [3.63, 3.8) is 0 Å². The van der Waals surface area contributed by atoms with E-state index in [2.05, 4.69) is 39.1 Å². The first-order chi connectivity index (χ1) is 8.87. The van der Waals surface area contributed by atoms with Crippen LogP contribution in [0.5, 0.6) is 0 Å². The van der Waals surface area contributed by atoms with Gasteiger partial charge in [-0.3, -0.25) is 0 Å². The molecule has 19 heavy (non-hydrogen) atoms. The molecule has 0 aromatic heterocycles. The van der Waals surface area contributed by atoms with E-state index in [1.807, 2.05) is 18.2 Å². The largest absolute Gasteiger partial charge is 0.378 e. The number of rotatable bonds is 7. The van der Waals surface area contributed by atoms with Gasteiger partial charge in [0, 0.05) is 17.3 Å². The lowest BCUT2D eigenvalue weighted by atomic mass is 9.81. The van der Waals surface area contributed by atoms with Crippen LogP contribution in [0.4, 0.5) is 5.69 Å². The molecule has 0 spiro atoms. The van der Waals surface area contributed by atoms with Crippen LogP contribution in [-0.2, 0) is 0 Å². The summed E-state index contributed by atoms with van der Waals surface area (Å²) < 4.78 is 0. The fourth-order valence-electron chi connectivity index (χ4n) is 2.84. The van der Waals surface area contributed by atoms with Crippen LogP contribution >= 0.6 is 11.6 Å². The molecule has 0 aliphatic rings. The Morgan fingerprint density at radius 3 is 2.16 bits per heavy atom. The standard InChI is InChI=1S/C16H27ClN2/c1-12(2)9-16(11-18,10-13(3)4)19-15-7-5-6-14(17)8-15/h5-8,12-13,19H,9-11,18H2,1-4H3. The van der Waals surface area contributed by atoms with E-state index in [9.17, 15) is 0 Å². The van der Waals surface area contributed by atoms with Crippen molar-refractivity contribution in [1.82, 2.24) is 0 Å². The Hall–Kier alpha value is -0.730. The molecule has 0 atom stereocenters. The van der Waals surface area contributed by atoms with E-state index in [1.54, 1.807) is 0 Å². The SMILES string of the molecule is CC(C)CC(CN)(CC(C)C)Nc1cccc(Cl)c1. The molecule has 0 heterocycles. The second-order valence-electron chi connectivity index (χ2n) is 6.32. The van der Waals surface area contributed by atoms with E-state index in [-0.39, 0.29) is 5.54 Å². The van der Waals surface area contributed by atoms with E-state index in [1.165, 1.54) is 0 Å². The second-order valence-corrected chi connectivity index (χ2v) is 6.75. The summed E-state index contributed by atoms with van der Waals surface area (Å²) in [5.41, 5.74) is 7.10. The Morgan fingerprint density at radius 1 is 1.16 bits per heavy atom. The van der Waals surface area contributed by atoms with E-state index in [4.69, 9.17) is 17.3 Å². The fraction of sp³-hybridized carbons (Fsp3) is 0.625. The molecule has 1 aromatic carbocycles. The Labute approximate surface area is 122 Å². The third-order valence-electron chi connectivity index (χ3n) is 3.22. The van der Waals surface area contributed by atoms with E-state index in [0.29, 0.717) is 18.4 Å². The summed E-state index contributed by atoms with van der Waals surface area (Å²) in [6, 6.07) is 7.88. The summed E-state index contributed by atoms with van der Waals surface area (Å²) in [6.07, 6.45) is 2.13. The number of benzene rings is 1. The average molecular weight is 283 g/mol. The number of hydrogen-bond acceptors (Lipinski definition) is 2. The summed E-state index contributed by atoms with van der Waals surface area (Å²) >= 11 is 6.06. The van der Waals surface area contributed by atoms with Crippen LogP contribution < -0.4 is 11.1 Å². The maximum absolute atomic E-state index is 6.09. The van der Waals surface area contributed by atoms with Gasteiger partial charge in [-0.2, -0.15) is 0 Å². The zero-order chi connectivity index (χ0) is 14.5. The van der Waals surface area contributed by atoms with Gasteiger partial charge < -0.3 is 11.1 Å². The summed E-state index contributed by atoms with van der Waals surface area (Å²) in [5, 5.41) is 4.39. The van der Waals surface area contributed by atoms with E-state index in [0.717, 1.165) is 23.6 Å². The molecule has 1 aromatic rings. The third-order valence-corrected chi connectivity index (χ3v) is 3.46. The predicted octanol–water partition coefficient (Wildman–Crippen LogP) is 4.54. The van der Waals surface area contributed by atoms with Crippen molar-refractivity contribution in [2.75, 3.05) is 11.9 Å². The van der Waals surface area contributed by atoms with Crippen molar-refractivity contribution in [2.24, 2.45) is 17.6 Å². The van der Waals surface area contributed by atoms with Crippen LogP contribution in [0.1, 0.15) is 40.5 Å². The van der Waals surface area contributed by atoms with Gasteiger partial charge in [0.15, 0.2) is 0 Å². The van der Waals surface area contributed by atoms with Gasteiger partial charge in [-0.05, 0) is 42.9 Å². The molecule has 108 valence electrons. The highest BCUT2D eigenvalue weighted by Gasteiger charge is 2.30. The Balaban J connectivity index is 2.94. The number of nitrogens with two attached hydrogens (primary N) is 1. The molecular formula is C16H27ClN2. The first-order valence-electron chi connectivity index (χ1n) is 7.11. The first kappa shape index (κ1) is 16.3. The van der Waals surface area contributed by atoms with Crippen molar-refractivity contribution in [3.05, 3.63) is 29.3 Å². The van der Waals surface area contributed by atoms with Gasteiger partial charge in [0.2, 0.25) is 0 Å². The number of hydrogen-bond donors (Lipinski definition) is 2. The highest BCUT2D eigenvalue weighted by atomic mass is 35.5. The Morgan fingerprint density at radius 2 is 1.74 bits per heavy atom. The fourth-order valence-corrected chi connectivity index (χ4v) is 3.03. The molecule has 0 bridgehead atoms. The lowest BCUT2D eigenvalue weighted by molar-refractivity contribution is 0.317. The Bertz CT molecular complexity index is 378. The zero-order valence-electron chi connectivity index (χ0n) is 12.5. The molecule has 0 aliphatic heterocycles. The van der Waals surface area contributed by atoms with Crippen LogP contribution in [0.2, 0.25) is 5.02 Å². The molecule has 0 radical (unpaired) electrons. The minimum Gasteiger partial charge on any atom is -0.378 e. The smallest absolute Gasteiger partial charge is 0.0500 e. The van der Waals surface area contributed by atoms with Crippen molar-refractivity contribution < 1.29 is 0 Å². The highest BCUT2D eigenvalue weighted by molar-refractivity contribution is 6.30. The lowest BCUT2D eigenvalue weighted by Gasteiger charge is -2.38. The maximum Gasteiger partial charge on any atom is 0.0500 e. The molecule has 3 N–H and O–H groups in total. The molecule has 0 saturated carbocycles. The van der Waals surface area contributed by atoms with E-state index >= 15 is 0 Å². The topological polar surface area (TPSA) is 38.0 Å². The minimum absolute atomic E-state index is 0.0486. The van der Waals surface area contributed by atoms with Gasteiger partial charge in [-0.15, -0.1) is 0 Å². The van der Waals surface area contributed by atoms with Gasteiger partial charge in [0.05, 0.1) is 5.54 Å². The molecule has 0 saturated heterocycles. The van der Waals surface area contributed by atoms with Crippen molar-refractivity contribution in [2.45, 2.75) is 46.1 Å². The molecular weight excluding hydrogens is 256 g/mol. The van der Waals surface area contributed by atoms with Gasteiger partial charge >= 0.3 is 0 Å². The van der Waals surface area contributed by atoms with Crippen LogP contribution in [0.15, 0.2) is 24.3 Å². The van der Waals surface area contributed by atoms with Crippen molar-refractivity contribution in [3.8, 4) is 0 Å². The highest BCUT2D eigenvalue weighted by Crippen LogP contribution is 2.29. The predicted molar refractivity (Wildman–Crippen MR) is 85.8 cm³/mol.